The minimum atomic E-state index is -0.492. The van der Waals surface area contributed by atoms with Gasteiger partial charge in [-0.3, -0.25) is 19.5 Å². The second kappa shape index (κ2) is 8.37. The fourth-order valence-corrected chi connectivity index (χ4v) is 4.01. The number of carbonyl (C=O) groups is 1. The van der Waals surface area contributed by atoms with Gasteiger partial charge in [-0.1, -0.05) is 17.8 Å². The van der Waals surface area contributed by atoms with Crippen LogP contribution >= 0.6 is 11.8 Å². The van der Waals surface area contributed by atoms with E-state index in [1.54, 1.807) is 19.1 Å². The van der Waals surface area contributed by atoms with Gasteiger partial charge in [0.05, 0.1) is 23.9 Å². The molecule has 1 aromatic heterocycles. The van der Waals surface area contributed by atoms with Crippen molar-refractivity contribution in [2.24, 2.45) is 0 Å². The van der Waals surface area contributed by atoms with Crippen LogP contribution < -0.4 is 10.2 Å². The number of hydrogen-bond donors (Lipinski definition) is 1. The van der Waals surface area contributed by atoms with E-state index in [1.165, 1.54) is 17.8 Å². The Morgan fingerprint density at radius 1 is 1.34 bits per heavy atom. The molecule has 154 valence electrons. The van der Waals surface area contributed by atoms with E-state index >= 15 is 0 Å². The Bertz CT molecular complexity index is 923. The van der Waals surface area contributed by atoms with Crippen LogP contribution in [0.5, 0.6) is 0 Å². The molecule has 1 aliphatic heterocycles. The maximum Gasteiger partial charge on any atom is 0.293 e. The van der Waals surface area contributed by atoms with Gasteiger partial charge in [0.25, 0.3) is 5.69 Å². The van der Waals surface area contributed by atoms with E-state index in [9.17, 15) is 14.9 Å². The number of nitrogens with one attached hydrogen (secondary N) is 1. The lowest BCUT2D eigenvalue weighted by atomic mass is 10.2. The van der Waals surface area contributed by atoms with Crippen LogP contribution in [0.3, 0.4) is 0 Å². The summed E-state index contributed by atoms with van der Waals surface area (Å²) in [6.45, 7) is 4.64. The molecule has 29 heavy (non-hydrogen) atoms. The molecular formula is C18H22N6O4S. The zero-order valence-corrected chi connectivity index (χ0v) is 16.9. The number of morpholine rings is 1. The first-order valence-corrected chi connectivity index (χ1v) is 10.5. The lowest BCUT2D eigenvalue weighted by molar-refractivity contribution is -0.384. The summed E-state index contributed by atoms with van der Waals surface area (Å²) in [5.41, 5.74) is 0.847. The van der Waals surface area contributed by atoms with Gasteiger partial charge >= 0.3 is 0 Å². The molecule has 1 N–H and O–H groups in total. The van der Waals surface area contributed by atoms with Crippen molar-refractivity contribution in [3.63, 3.8) is 0 Å². The van der Waals surface area contributed by atoms with E-state index in [0.717, 1.165) is 37.4 Å². The maximum absolute atomic E-state index is 12.4. The van der Waals surface area contributed by atoms with E-state index in [-0.39, 0.29) is 23.0 Å². The Labute approximate surface area is 171 Å². The van der Waals surface area contributed by atoms with Gasteiger partial charge < -0.3 is 15.0 Å². The van der Waals surface area contributed by atoms with E-state index < -0.39 is 4.92 Å². The van der Waals surface area contributed by atoms with E-state index in [0.29, 0.717) is 24.4 Å². The number of nitro groups is 1. The quantitative estimate of drug-likeness (QED) is 0.414. The molecule has 4 rings (SSSR count). The second-order valence-corrected chi connectivity index (χ2v) is 8.04. The van der Waals surface area contributed by atoms with Gasteiger partial charge in [0, 0.05) is 25.2 Å². The van der Waals surface area contributed by atoms with E-state index in [4.69, 9.17) is 4.74 Å². The molecule has 2 aromatic rings. The molecule has 1 aromatic carbocycles. The molecule has 0 unspecified atom stereocenters. The van der Waals surface area contributed by atoms with Crippen molar-refractivity contribution >= 4 is 35.0 Å². The van der Waals surface area contributed by atoms with Crippen LogP contribution in [0.2, 0.25) is 0 Å². The third-order valence-corrected chi connectivity index (χ3v) is 5.75. The zero-order chi connectivity index (χ0) is 20.4. The zero-order valence-electron chi connectivity index (χ0n) is 16.0. The first-order valence-electron chi connectivity index (χ1n) is 9.48. The van der Waals surface area contributed by atoms with Gasteiger partial charge in [-0.05, 0) is 31.4 Å². The summed E-state index contributed by atoms with van der Waals surface area (Å²) >= 11 is 1.29. The highest BCUT2D eigenvalue weighted by Crippen LogP contribution is 2.41. The molecule has 11 heteroatoms. The number of aromatic nitrogens is 3. The Hall–Kier alpha value is -2.66. The van der Waals surface area contributed by atoms with Gasteiger partial charge in [-0.25, -0.2) is 0 Å². The fourth-order valence-electron chi connectivity index (χ4n) is 3.21. The number of amides is 1. The molecular weight excluding hydrogens is 396 g/mol. The molecule has 1 aliphatic carbocycles. The molecule has 2 heterocycles. The first kappa shape index (κ1) is 19.6. The summed E-state index contributed by atoms with van der Waals surface area (Å²) in [7, 11) is 0. The Morgan fingerprint density at radius 2 is 2.10 bits per heavy atom. The number of ether oxygens (including phenoxy) is 1. The maximum atomic E-state index is 12.4. The summed E-state index contributed by atoms with van der Waals surface area (Å²) in [4.78, 5) is 25.3. The first-order chi connectivity index (χ1) is 14.0. The van der Waals surface area contributed by atoms with Gasteiger partial charge in [0.15, 0.2) is 5.16 Å². The van der Waals surface area contributed by atoms with Crippen molar-refractivity contribution in [3.8, 4) is 0 Å². The van der Waals surface area contributed by atoms with Crippen LogP contribution in [0, 0.1) is 17.0 Å². The van der Waals surface area contributed by atoms with Gasteiger partial charge in [0.1, 0.15) is 5.69 Å². The highest BCUT2D eigenvalue weighted by atomic mass is 32.2. The molecule has 2 aliphatic rings. The highest BCUT2D eigenvalue weighted by Gasteiger charge is 2.32. The molecule has 0 radical (unpaired) electrons. The van der Waals surface area contributed by atoms with Gasteiger partial charge in [-0.2, -0.15) is 0 Å². The van der Waals surface area contributed by atoms with Gasteiger partial charge in [0.2, 0.25) is 11.9 Å². The molecule has 0 bridgehead atoms. The largest absolute Gasteiger partial charge is 0.378 e. The minimum Gasteiger partial charge on any atom is -0.378 e. The Kier molecular flexibility index (Phi) is 5.67. The third-order valence-electron chi connectivity index (χ3n) is 4.81. The summed E-state index contributed by atoms with van der Waals surface area (Å²) in [5, 5.41) is 23.2. The van der Waals surface area contributed by atoms with Crippen LogP contribution in [-0.2, 0) is 9.53 Å². The van der Waals surface area contributed by atoms with Crippen molar-refractivity contribution in [1.29, 1.82) is 0 Å². The minimum absolute atomic E-state index is 0.0962. The topological polar surface area (TPSA) is 115 Å². The molecule has 1 saturated carbocycles. The number of nitrogens with zero attached hydrogens (tertiary/aromatic N) is 5. The number of nitro benzene ring substituents is 1. The predicted octanol–water partition coefficient (Wildman–Crippen LogP) is 2.40. The van der Waals surface area contributed by atoms with Crippen molar-refractivity contribution in [3.05, 3.63) is 33.9 Å². The molecule has 1 saturated heterocycles. The smallest absolute Gasteiger partial charge is 0.293 e. The molecule has 0 spiro atoms. The molecule has 10 nitrogen and oxygen atoms in total. The number of carbonyl (C=O) groups excluding carboxylic acids is 1. The number of anilines is 2. The van der Waals surface area contributed by atoms with Crippen molar-refractivity contribution in [1.82, 2.24) is 14.8 Å². The normalized spacial score (nSPS) is 16.7. The lowest BCUT2D eigenvalue weighted by Crippen LogP contribution is -2.38. The Morgan fingerprint density at radius 3 is 2.79 bits per heavy atom. The average Bonchev–Trinajstić information content (AvgIpc) is 3.47. The standard InChI is InChI=1S/C18H22N6O4S/c1-12-2-5-14(15(10-12)24(26)27)19-16(25)11-29-18-21-20-17(23(18)13-3-4-13)22-6-8-28-9-7-22/h2,5,10,13H,3-4,6-9,11H2,1H3,(H,19,25). The third kappa shape index (κ3) is 4.51. The number of rotatable bonds is 7. The highest BCUT2D eigenvalue weighted by molar-refractivity contribution is 7.99. The lowest BCUT2D eigenvalue weighted by Gasteiger charge is -2.27. The van der Waals surface area contributed by atoms with Crippen LogP contribution in [0.15, 0.2) is 23.4 Å². The summed E-state index contributed by atoms with van der Waals surface area (Å²) in [5.74, 6) is 0.604. The number of aryl methyl sites for hydroxylation is 1. The molecule has 2 fully saturated rings. The summed E-state index contributed by atoms with van der Waals surface area (Å²) in [6.07, 6.45) is 2.15. The summed E-state index contributed by atoms with van der Waals surface area (Å²) in [6, 6.07) is 5.10. The second-order valence-electron chi connectivity index (χ2n) is 7.10. The van der Waals surface area contributed by atoms with Crippen LogP contribution in [0.4, 0.5) is 17.3 Å². The molecule has 0 atom stereocenters. The summed E-state index contributed by atoms with van der Waals surface area (Å²) < 4.78 is 7.52. The molecule has 1 amide bonds. The van der Waals surface area contributed by atoms with E-state index in [1.807, 2.05) is 0 Å². The van der Waals surface area contributed by atoms with E-state index in [2.05, 4.69) is 25.0 Å². The number of hydrogen-bond acceptors (Lipinski definition) is 8. The fraction of sp³-hybridized carbons (Fsp3) is 0.500. The monoisotopic (exact) mass is 418 g/mol. The Balaban J connectivity index is 1.44. The SMILES string of the molecule is Cc1ccc(NC(=O)CSc2nnc(N3CCOCC3)n2C2CC2)c([N+](=O)[O-])c1. The van der Waals surface area contributed by atoms with Crippen molar-refractivity contribution in [2.75, 3.05) is 42.3 Å². The number of thioether (sulfide) groups is 1. The predicted molar refractivity (Wildman–Crippen MR) is 109 cm³/mol. The van der Waals surface area contributed by atoms with Crippen molar-refractivity contribution in [2.45, 2.75) is 31.0 Å². The van der Waals surface area contributed by atoms with Crippen LogP contribution in [0.1, 0.15) is 24.4 Å². The average molecular weight is 418 g/mol. The van der Waals surface area contributed by atoms with Crippen LogP contribution in [-0.4, -0.2) is 57.7 Å². The number of benzene rings is 1. The van der Waals surface area contributed by atoms with Gasteiger partial charge in [-0.15, -0.1) is 10.2 Å². The van der Waals surface area contributed by atoms with Crippen LogP contribution in [0.25, 0.3) is 0 Å². The van der Waals surface area contributed by atoms with Crippen molar-refractivity contribution < 1.29 is 14.5 Å².